The van der Waals surface area contributed by atoms with E-state index in [4.69, 9.17) is 5.73 Å². The van der Waals surface area contributed by atoms with E-state index < -0.39 is 11.6 Å². The van der Waals surface area contributed by atoms with Gasteiger partial charge in [-0.3, -0.25) is 0 Å². The summed E-state index contributed by atoms with van der Waals surface area (Å²) >= 11 is 0. The zero-order valence-electron chi connectivity index (χ0n) is 10.9. The van der Waals surface area contributed by atoms with Gasteiger partial charge in [0.25, 0.3) is 0 Å². The molecule has 5 heteroatoms. The number of benzene rings is 1. The van der Waals surface area contributed by atoms with Crippen LogP contribution in [0.5, 0.6) is 0 Å². The molecule has 3 N–H and O–H groups in total. The molecule has 1 saturated carbocycles. The number of nitrogen functional groups attached to an aromatic ring is 1. The first-order chi connectivity index (χ1) is 9.63. The van der Waals surface area contributed by atoms with E-state index in [-0.39, 0.29) is 16.9 Å². The summed E-state index contributed by atoms with van der Waals surface area (Å²) in [6.07, 6.45) is 3.47. The summed E-state index contributed by atoms with van der Waals surface area (Å²) in [4.78, 5) is 3.65. The minimum absolute atomic E-state index is 0.130. The lowest BCUT2D eigenvalue weighted by molar-refractivity contribution is 0.613. The van der Waals surface area contributed by atoms with Crippen molar-refractivity contribution in [2.24, 2.45) is 5.92 Å². The SMILES string of the molecule is Nc1cc(-c2cc(NCC3CC3)ccc2F)c(F)cn1. The molecule has 20 heavy (non-hydrogen) atoms. The van der Waals surface area contributed by atoms with Crippen molar-refractivity contribution in [2.45, 2.75) is 12.8 Å². The van der Waals surface area contributed by atoms with Crippen molar-refractivity contribution in [3.63, 3.8) is 0 Å². The van der Waals surface area contributed by atoms with E-state index in [0.717, 1.165) is 18.4 Å². The third kappa shape index (κ3) is 2.71. The summed E-state index contributed by atoms with van der Waals surface area (Å²) in [6.45, 7) is 0.867. The molecule has 1 aliphatic carbocycles. The maximum Gasteiger partial charge on any atom is 0.149 e. The third-order valence-corrected chi connectivity index (χ3v) is 3.42. The van der Waals surface area contributed by atoms with Gasteiger partial charge in [0.1, 0.15) is 17.5 Å². The molecule has 0 amide bonds. The molecule has 1 aromatic carbocycles. The van der Waals surface area contributed by atoms with Gasteiger partial charge in [0.05, 0.1) is 6.20 Å². The summed E-state index contributed by atoms with van der Waals surface area (Å²) in [6, 6.07) is 5.94. The number of hydrogen-bond donors (Lipinski definition) is 2. The highest BCUT2D eigenvalue weighted by Gasteiger charge is 2.20. The van der Waals surface area contributed by atoms with Crippen molar-refractivity contribution >= 4 is 11.5 Å². The second kappa shape index (κ2) is 5.07. The zero-order chi connectivity index (χ0) is 14.1. The topological polar surface area (TPSA) is 50.9 Å². The predicted molar refractivity (Wildman–Crippen MR) is 75.2 cm³/mol. The van der Waals surface area contributed by atoms with Crippen LogP contribution in [0.15, 0.2) is 30.5 Å². The lowest BCUT2D eigenvalue weighted by atomic mass is 10.0. The van der Waals surface area contributed by atoms with Crippen molar-refractivity contribution in [2.75, 3.05) is 17.6 Å². The lowest BCUT2D eigenvalue weighted by Gasteiger charge is -2.10. The molecule has 1 aliphatic rings. The van der Waals surface area contributed by atoms with Crippen molar-refractivity contribution < 1.29 is 8.78 Å². The average Bonchev–Trinajstić information content (AvgIpc) is 3.25. The number of rotatable bonds is 4. The zero-order valence-corrected chi connectivity index (χ0v) is 10.9. The molecule has 0 atom stereocenters. The van der Waals surface area contributed by atoms with Crippen molar-refractivity contribution in [1.29, 1.82) is 0 Å². The van der Waals surface area contributed by atoms with Crippen molar-refractivity contribution in [3.8, 4) is 11.1 Å². The summed E-state index contributed by atoms with van der Waals surface area (Å²) in [5.74, 6) is -0.196. The molecule has 1 heterocycles. The van der Waals surface area contributed by atoms with Gasteiger partial charge >= 0.3 is 0 Å². The first kappa shape index (κ1) is 12.8. The number of aromatic nitrogens is 1. The van der Waals surface area contributed by atoms with Gasteiger partial charge in [-0.25, -0.2) is 13.8 Å². The second-order valence-corrected chi connectivity index (χ2v) is 5.11. The molecular formula is C15H15F2N3. The van der Waals surface area contributed by atoms with Gasteiger partial charge in [0.2, 0.25) is 0 Å². The summed E-state index contributed by atoms with van der Waals surface area (Å²) in [5, 5.41) is 3.24. The number of halogens is 2. The van der Waals surface area contributed by atoms with Crippen molar-refractivity contribution in [1.82, 2.24) is 4.98 Å². The first-order valence-corrected chi connectivity index (χ1v) is 6.58. The largest absolute Gasteiger partial charge is 0.385 e. The molecule has 3 rings (SSSR count). The van der Waals surface area contributed by atoms with Crippen LogP contribution in [0.3, 0.4) is 0 Å². The van der Waals surface area contributed by atoms with Gasteiger partial charge in [-0.15, -0.1) is 0 Å². The van der Waals surface area contributed by atoms with Crippen LogP contribution >= 0.6 is 0 Å². The smallest absolute Gasteiger partial charge is 0.149 e. The van der Waals surface area contributed by atoms with Crippen LogP contribution in [0.25, 0.3) is 11.1 Å². The quantitative estimate of drug-likeness (QED) is 0.898. The molecular weight excluding hydrogens is 260 g/mol. The predicted octanol–water partition coefficient (Wildman–Crippen LogP) is 3.43. The normalized spacial score (nSPS) is 14.3. The van der Waals surface area contributed by atoms with Crippen LogP contribution in [0.1, 0.15) is 12.8 Å². The standard InChI is InChI=1S/C15H15F2N3/c16-13-4-3-10(19-7-9-1-2-9)5-11(13)12-6-15(18)20-8-14(12)17/h3-6,8-9,19H,1-2,7H2,(H2,18,20). The fourth-order valence-corrected chi connectivity index (χ4v) is 2.09. The molecule has 0 bridgehead atoms. The van der Waals surface area contributed by atoms with Gasteiger partial charge < -0.3 is 11.1 Å². The average molecular weight is 275 g/mol. The Morgan fingerprint density at radius 3 is 2.65 bits per heavy atom. The highest BCUT2D eigenvalue weighted by molar-refractivity contribution is 5.70. The van der Waals surface area contributed by atoms with E-state index in [0.29, 0.717) is 5.92 Å². The number of nitrogens with zero attached hydrogens (tertiary/aromatic N) is 1. The molecule has 104 valence electrons. The Balaban J connectivity index is 1.94. The number of hydrogen-bond acceptors (Lipinski definition) is 3. The van der Waals surface area contributed by atoms with Gasteiger partial charge in [-0.1, -0.05) is 0 Å². The Hall–Kier alpha value is -2.17. The molecule has 1 fully saturated rings. The fourth-order valence-electron chi connectivity index (χ4n) is 2.09. The Morgan fingerprint density at radius 2 is 1.90 bits per heavy atom. The molecule has 0 unspecified atom stereocenters. The lowest BCUT2D eigenvalue weighted by Crippen LogP contribution is -2.03. The van der Waals surface area contributed by atoms with Crippen LogP contribution < -0.4 is 11.1 Å². The van der Waals surface area contributed by atoms with Gasteiger partial charge in [-0.2, -0.15) is 0 Å². The first-order valence-electron chi connectivity index (χ1n) is 6.58. The highest BCUT2D eigenvalue weighted by Crippen LogP contribution is 2.31. The molecule has 1 aromatic heterocycles. The Kier molecular flexibility index (Phi) is 3.26. The Bertz CT molecular complexity index is 639. The molecule has 3 nitrogen and oxygen atoms in total. The van der Waals surface area contributed by atoms with Gasteiger partial charge in [0, 0.05) is 23.4 Å². The van der Waals surface area contributed by atoms with Crippen LogP contribution in [0, 0.1) is 17.6 Å². The molecule has 2 aromatic rings. The summed E-state index contributed by atoms with van der Waals surface area (Å²) in [7, 11) is 0. The Labute approximate surface area is 115 Å². The minimum atomic E-state index is -0.586. The molecule has 0 radical (unpaired) electrons. The van der Waals surface area contributed by atoms with Crippen molar-refractivity contribution in [3.05, 3.63) is 42.1 Å². The van der Waals surface area contributed by atoms with E-state index in [1.54, 1.807) is 12.1 Å². The third-order valence-electron chi connectivity index (χ3n) is 3.42. The molecule has 0 spiro atoms. The number of nitrogens with one attached hydrogen (secondary N) is 1. The summed E-state index contributed by atoms with van der Waals surface area (Å²) < 4.78 is 27.7. The monoisotopic (exact) mass is 275 g/mol. The highest BCUT2D eigenvalue weighted by atomic mass is 19.1. The molecule has 0 saturated heterocycles. The number of anilines is 2. The minimum Gasteiger partial charge on any atom is -0.385 e. The summed E-state index contributed by atoms with van der Waals surface area (Å²) in [5.41, 5.74) is 6.65. The van der Waals surface area contributed by atoms with E-state index in [9.17, 15) is 8.78 Å². The second-order valence-electron chi connectivity index (χ2n) is 5.11. The number of pyridine rings is 1. The van der Waals surface area contributed by atoms with Crippen LogP contribution in [0.4, 0.5) is 20.3 Å². The van der Waals surface area contributed by atoms with Crippen LogP contribution in [0.2, 0.25) is 0 Å². The Morgan fingerprint density at radius 1 is 1.15 bits per heavy atom. The maximum absolute atomic E-state index is 13.9. The van der Waals surface area contributed by atoms with Gasteiger partial charge in [-0.05, 0) is 43.0 Å². The van der Waals surface area contributed by atoms with E-state index in [2.05, 4.69) is 10.3 Å². The number of nitrogens with two attached hydrogens (primary N) is 1. The van der Waals surface area contributed by atoms with E-state index in [1.165, 1.54) is 25.0 Å². The van der Waals surface area contributed by atoms with E-state index >= 15 is 0 Å². The van der Waals surface area contributed by atoms with E-state index in [1.807, 2.05) is 0 Å². The van der Waals surface area contributed by atoms with Gasteiger partial charge in [0.15, 0.2) is 0 Å². The molecule has 0 aliphatic heterocycles. The fraction of sp³-hybridized carbons (Fsp3) is 0.267. The van der Waals surface area contributed by atoms with Crippen LogP contribution in [-0.4, -0.2) is 11.5 Å². The van der Waals surface area contributed by atoms with Crippen LogP contribution in [-0.2, 0) is 0 Å². The maximum atomic E-state index is 13.9.